The number of aromatic nitrogens is 1. The lowest BCUT2D eigenvalue weighted by atomic mass is 10.2. The van der Waals surface area contributed by atoms with Gasteiger partial charge in [0.1, 0.15) is 0 Å². The first-order chi connectivity index (χ1) is 9.91. The zero-order valence-corrected chi connectivity index (χ0v) is 12.1. The molecule has 0 saturated carbocycles. The summed E-state index contributed by atoms with van der Waals surface area (Å²) in [6.45, 7) is 0.228. The van der Waals surface area contributed by atoms with Crippen LogP contribution in [0.1, 0.15) is 5.56 Å². The highest BCUT2D eigenvalue weighted by Gasteiger charge is 2.21. The summed E-state index contributed by atoms with van der Waals surface area (Å²) in [4.78, 5) is 3.61. The zero-order chi connectivity index (χ0) is 15.5. The molecule has 0 atom stereocenters. The Bertz CT molecular complexity index is 721. The summed E-state index contributed by atoms with van der Waals surface area (Å²) in [5.74, 6) is -2.26. The number of halogens is 2. The predicted molar refractivity (Wildman–Crippen MR) is 74.1 cm³/mol. The molecule has 1 aromatic heterocycles. The molecule has 1 heterocycles. The van der Waals surface area contributed by atoms with Gasteiger partial charge >= 0.3 is 0 Å². The van der Waals surface area contributed by atoms with Crippen molar-refractivity contribution in [2.45, 2.75) is 11.3 Å². The molecule has 0 aliphatic rings. The van der Waals surface area contributed by atoms with Crippen molar-refractivity contribution in [1.82, 2.24) is 9.29 Å². The summed E-state index contributed by atoms with van der Waals surface area (Å²) >= 11 is 0. The van der Waals surface area contributed by atoms with Crippen LogP contribution in [-0.4, -0.2) is 31.3 Å². The van der Waals surface area contributed by atoms with Gasteiger partial charge in [-0.15, -0.1) is 0 Å². The number of benzene rings is 1. The van der Waals surface area contributed by atoms with Gasteiger partial charge in [0.05, 0.1) is 4.90 Å². The Morgan fingerprint density at radius 1 is 1.10 bits per heavy atom. The number of pyridine rings is 1. The highest BCUT2D eigenvalue weighted by Crippen LogP contribution is 2.17. The largest absolute Gasteiger partial charge is 0.265 e. The minimum atomic E-state index is -3.84. The summed E-state index contributed by atoms with van der Waals surface area (Å²) in [6, 6.07) is 6.12. The van der Waals surface area contributed by atoms with Crippen LogP contribution in [0.15, 0.2) is 47.6 Å². The Morgan fingerprint density at radius 3 is 2.38 bits per heavy atom. The van der Waals surface area contributed by atoms with Crippen molar-refractivity contribution in [2.75, 3.05) is 13.6 Å². The quantitative estimate of drug-likeness (QED) is 0.850. The lowest BCUT2D eigenvalue weighted by molar-refractivity contribution is 0.469. The minimum absolute atomic E-state index is 0.228. The van der Waals surface area contributed by atoms with Crippen molar-refractivity contribution < 1.29 is 17.2 Å². The van der Waals surface area contributed by atoms with E-state index in [0.717, 1.165) is 22.0 Å². The van der Waals surface area contributed by atoms with E-state index in [1.807, 2.05) is 0 Å². The maximum absolute atomic E-state index is 13.2. The number of sulfonamides is 1. The van der Waals surface area contributed by atoms with Crippen molar-refractivity contribution >= 4 is 10.0 Å². The fourth-order valence-corrected chi connectivity index (χ4v) is 2.96. The van der Waals surface area contributed by atoms with Crippen molar-refractivity contribution in [3.63, 3.8) is 0 Å². The normalized spacial score (nSPS) is 11.8. The van der Waals surface area contributed by atoms with Crippen molar-refractivity contribution in [1.29, 1.82) is 0 Å². The number of rotatable bonds is 5. The molecule has 1 aromatic carbocycles. The van der Waals surface area contributed by atoms with Crippen LogP contribution in [0.25, 0.3) is 0 Å². The first-order valence-corrected chi connectivity index (χ1v) is 7.65. The smallest absolute Gasteiger partial charge is 0.242 e. The molecule has 0 aliphatic carbocycles. The number of hydrogen-bond donors (Lipinski definition) is 0. The SMILES string of the molecule is CN(CCc1ccncc1)S(=O)(=O)c1ccc(F)c(F)c1. The van der Waals surface area contributed by atoms with E-state index in [1.165, 1.54) is 7.05 Å². The molecule has 4 nitrogen and oxygen atoms in total. The first-order valence-electron chi connectivity index (χ1n) is 6.21. The molecule has 0 bridgehead atoms. The van der Waals surface area contributed by atoms with Crippen LogP contribution in [0, 0.1) is 11.6 Å². The standard InChI is InChI=1S/C14H14F2N2O2S/c1-18(9-6-11-4-7-17-8-5-11)21(19,20)12-2-3-13(15)14(16)10-12/h2-5,7-8,10H,6,9H2,1H3. The van der Waals surface area contributed by atoms with Crippen molar-refractivity contribution in [3.8, 4) is 0 Å². The number of hydrogen-bond acceptors (Lipinski definition) is 3. The number of nitrogens with zero attached hydrogens (tertiary/aromatic N) is 2. The molecule has 0 spiro atoms. The molecule has 0 aliphatic heterocycles. The number of likely N-dealkylation sites (N-methyl/N-ethyl adjacent to an activating group) is 1. The molecule has 2 aromatic rings. The fraction of sp³-hybridized carbons (Fsp3) is 0.214. The van der Waals surface area contributed by atoms with E-state index in [4.69, 9.17) is 0 Å². The van der Waals surface area contributed by atoms with Gasteiger partial charge in [0, 0.05) is 26.0 Å². The van der Waals surface area contributed by atoms with Crippen LogP contribution in [0.3, 0.4) is 0 Å². The molecule has 7 heteroatoms. The van der Waals surface area contributed by atoms with Gasteiger partial charge in [-0.25, -0.2) is 21.5 Å². The Morgan fingerprint density at radius 2 is 1.76 bits per heavy atom. The van der Waals surface area contributed by atoms with E-state index in [9.17, 15) is 17.2 Å². The maximum Gasteiger partial charge on any atom is 0.242 e. The second-order valence-corrected chi connectivity index (χ2v) is 6.55. The van der Waals surface area contributed by atoms with Gasteiger partial charge in [0.2, 0.25) is 10.0 Å². The van der Waals surface area contributed by atoms with Gasteiger partial charge in [-0.05, 0) is 42.3 Å². The molecular formula is C14H14F2N2O2S. The van der Waals surface area contributed by atoms with Gasteiger partial charge in [0.15, 0.2) is 11.6 Å². The van der Waals surface area contributed by atoms with Crippen LogP contribution in [0.5, 0.6) is 0 Å². The molecule has 0 N–H and O–H groups in total. The third kappa shape index (κ3) is 3.62. The Hall–Kier alpha value is -1.86. The first kappa shape index (κ1) is 15.5. The lowest BCUT2D eigenvalue weighted by Crippen LogP contribution is -2.29. The second kappa shape index (κ2) is 6.28. The summed E-state index contributed by atoms with van der Waals surface area (Å²) < 4.78 is 51.6. The highest BCUT2D eigenvalue weighted by atomic mass is 32.2. The van der Waals surface area contributed by atoms with Crippen LogP contribution < -0.4 is 0 Å². The topological polar surface area (TPSA) is 50.3 Å². The second-order valence-electron chi connectivity index (χ2n) is 4.51. The summed E-state index contributed by atoms with van der Waals surface area (Å²) in [5, 5.41) is 0. The van der Waals surface area contributed by atoms with E-state index in [-0.39, 0.29) is 11.4 Å². The average Bonchev–Trinajstić information content (AvgIpc) is 2.48. The maximum atomic E-state index is 13.2. The van der Waals surface area contributed by atoms with Crippen LogP contribution in [0.4, 0.5) is 8.78 Å². The van der Waals surface area contributed by atoms with Gasteiger partial charge < -0.3 is 0 Å². The molecule has 112 valence electrons. The Labute approximate surface area is 122 Å². The van der Waals surface area contributed by atoms with E-state index in [1.54, 1.807) is 24.5 Å². The molecule has 0 amide bonds. The molecule has 0 fully saturated rings. The van der Waals surface area contributed by atoms with E-state index >= 15 is 0 Å². The Balaban J connectivity index is 2.13. The monoisotopic (exact) mass is 312 g/mol. The fourth-order valence-electron chi connectivity index (χ4n) is 1.77. The van der Waals surface area contributed by atoms with Crippen molar-refractivity contribution in [2.24, 2.45) is 0 Å². The molecule has 0 unspecified atom stereocenters. The summed E-state index contributed by atoms with van der Waals surface area (Å²) in [5.41, 5.74) is 0.942. The minimum Gasteiger partial charge on any atom is -0.265 e. The predicted octanol–water partition coefficient (Wildman–Crippen LogP) is 2.22. The van der Waals surface area contributed by atoms with E-state index < -0.39 is 21.7 Å². The van der Waals surface area contributed by atoms with Gasteiger partial charge in [-0.2, -0.15) is 0 Å². The van der Waals surface area contributed by atoms with Gasteiger partial charge in [0.25, 0.3) is 0 Å². The molecule has 0 radical (unpaired) electrons. The van der Waals surface area contributed by atoms with E-state index in [0.29, 0.717) is 12.5 Å². The summed E-state index contributed by atoms with van der Waals surface area (Å²) in [7, 11) is -2.44. The molecular weight excluding hydrogens is 298 g/mol. The lowest BCUT2D eigenvalue weighted by Gasteiger charge is -2.17. The van der Waals surface area contributed by atoms with Crippen molar-refractivity contribution in [3.05, 3.63) is 59.9 Å². The zero-order valence-electron chi connectivity index (χ0n) is 11.3. The molecule has 21 heavy (non-hydrogen) atoms. The molecule has 2 rings (SSSR count). The van der Waals surface area contributed by atoms with Crippen LogP contribution in [-0.2, 0) is 16.4 Å². The highest BCUT2D eigenvalue weighted by molar-refractivity contribution is 7.89. The summed E-state index contributed by atoms with van der Waals surface area (Å²) in [6.07, 6.45) is 3.75. The Kier molecular flexibility index (Phi) is 4.64. The van der Waals surface area contributed by atoms with Crippen LogP contribution >= 0.6 is 0 Å². The third-order valence-corrected chi connectivity index (χ3v) is 4.92. The van der Waals surface area contributed by atoms with E-state index in [2.05, 4.69) is 4.98 Å². The third-order valence-electron chi connectivity index (χ3n) is 3.06. The molecule has 0 saturated heterocycles. The van der Waals surface area contributed by atoms with Gasteiger partial charge in [-0.3, -0.25) is 4.98 Å². The van der Waals surface area contributed by atoms with Crippen LogP contribution in [0.2, 0.25) is 0 Å². The van der Waals surface area contributed by atoms with Gasteiger partial charge in [-0.1, -0.05) is 0 Å². The average molecular weight is 312 g/mol.